The Morgan fingerprint density at radius 3 is 2.54 bits per heavy atom. The van der Waals surface area contributed by atoms with Crippen LogP contribution >= 0.6 is 11.3 Å². The van der Waals surface area contributed by atoms with E-state index in [2.05, 4.69) is 26.3 Å². The molecule has 2 aromatic heterocycles. The van der Waals surface area contributed by atoms with E-state index in [0.29, 0.717) is 29.6 Å². The SMILES string of the molecule is N#CC(c1ccnc(NCCc2cccc(F)c2)n1)c1nc2ccccc2s1.O=C(O)C(F)(F)F. The molecule has 0 aliphatic carbocycles. The van der Waals surface area contributed by atoms with Gasteiger partial charge in [0.15, 0.2) is 0 Å². The minimum atomic E-state index is -5.08. The number of aromatic nitrogens is 3. The molecule has 180 valence electrons. The van der Waals surface area contributed by atoms with Gasteiger partial charge in [0.25, 0.3) is 0 Å². The highest BCUT2D eigenvalue weighted by atomic mass is 32.1. The summed E-state index contributed by atoms with van der Waals surface area (Å²) in [6, 6.07) is 18.3. The predicted octanol–water partition coefficient (Wildman–Crippen LogP) is 5.17. The van der Waals surface area contributed by atoms with Gasteiger partial charge >= 0.3 is 12.1 Å². The van der Waals surface area contributed by atoms with Crippen molar-refractivity contribution in [2.24, 2.45) is 0 Å². The van der Waals surface area contributed by atoms with Crippen LogP contribution in [0.5, 0.6) is 0 Å². The highest BCUT2D eigenvalue weighted by Crippen LogP contribution is 2.30. The summed E-state index contributed by atoms with van der Waals surface area (Å²) in [5.74, 6) is -3.12. The number of nitrogens with one attached hydrogen (secondary N) is 1. The molecule has 4 rings (SSSR count). The first-order chi connectivity index (χ1) is 16.7. The predicted molar refractivity (Wildman–Crippen MR) is 121 cm³/mol. The molecule has 12 heteroatoms. The molecule has 1 atom stereocenters. The third-order valence-corrected chi connectivity index (χ3v) is 5.59. The Morgan fingerprint density at radius 1 is 1.14 bits per heavy atom. The number of thiazole rings is 1. The maximum Gasteiger partial charge on any atom is 0.490 e. The Balaban J connectivity index is 0.000000429. The van der Waals surface area contributed by atoms with Crippen molar-refractivity contribution in [3.8, 4) is 6.07 Å². The number of nitrogens with zero attached hydrogens (tertiary/aromatic N) is 4. The van der Waals surface area contributed by atoms with Gasteiger partial charge in [0.1, 0.15) is 16.7 Å². The maximum atomic E-state index is 13.3. The van der Waals surface area contributed by atoms with E-state index < -0.39 is 18.1 Å². The molecule has 0 bridgehead atoms. The number of hydrogen-bond acceptors (Lipinski definition) is 7. The van der Waals surface area contributed by atoms with Crippen LogP contribution in [-0.2, 0) is 11.2 Å². The van der Waals surface area contributed by atoms with Gasteiger partial charge < -0.3 is 10.4 Å². The molecular formula is C23H17F4N5O2S. The fraction of sp³-hybridized carbons (Fsp3) is 0.174. The number of nitriles is 1. The fourth-order valence-corrected chi connectivity index (χ4v) is 3.92. The second-order valence-corrected chi connectivity index (χ2v) is 8.06. The molecule has 0 aliphatic heterocycles. The third-order valence-electron chi connectivity index (χ3n) is 4.49. The Bertz CT molecular complexity index is 1320. The number of benzene rings is 2. The molecule has 2 N–H and O–H groups in total. The molecule has 0 fully saturated rings. The Hall–Kier alpha value is -4.11. The summed E-state index contributed by atoms with van der Waals surface area (Å²) >= 11 is 1.50. The van der Waals surface area contributed by atoms with Gasteiger partial charge in [0, 0.05) is 12.7 Å². The van der Waals surface area contributed by atoms with E-state index in [-0.39, 0.29) is 5.82 Å². The number of anilines is 1. The topological polar surface area (TPSA) is 112 Å². The van der Waals surface area contributed by atoms with Crippen molar-refractivity contribution in [3.05, 3.63) is 82.9 Å². The Morgan fingerprint density at radius 2 is 1.89 bits per heavy atom. The molecule has 0 saturated heterocycles. The molecule has 0 aliphatic rings. The molecule has 7 nitrogen and oxygen atoms in total. The van der Waals surface area contributed by atoms with E-state index in [1.165, 1.54) is 23.5 Å². The summed E-state index contributed by atoms with van der Waals surface area (Å²) in [7, 11) is 0. The third kappa shape index (κ3) is 7.18. The lowest BCUT2D eigenvalue weighted by atomic mass is 10.1. The zero-order chi connectivity index (χ0) is 25.4. The lowest BCUT2D eigenvalue weighted by Gasteiger charge is -2.09. The van der Waals surface area contributed by atoms with Crippen LogP contribution in [0.4, 0.5) is 23.5 Å². The molecule has 2 aromatic carbocycles. The van der Waals surface area contributed by atoms with Crippen molar-refractivity contribution in [1.82, 2.24) is 15.0 Å². The molecule has 2 heterocycles. The van der Waals surface area contributed by atoms with Crippen LogP contribution in [0.15, 0.2) is 60.8 Å². The summed E-state index contributed by atoms with van der Waals surface area (Å²) in [5.41, 5.74) is 2.38. The van der Waals surface area contributed by atoms with Gasteiger partial charge in [-0.05, 0) is 42.3 Å². The first-order valence-electron chi connectivity index (χ1n) is 10.0. The average molecular weight is 503 g/mol. The highest BCUT2D eigenvalue weighted by molar-refractivity contribution is 7.18. The van der Waals surface area contributed by atoms with E-state index in [9.17, 15) is 22.8 Å². The largest absolute Gasteiger partial charge is 0.490 e. The number of hydrogen-bond donors (Lipinski definition) is 2. The number of aliphatic carboxylic acids is 1. The first kappa shape index (κ1) is 25.5. The summed E-state index contributed by atoms with van der Waals surface area (Å²) in [5, 5.41) is 20.7. The summed E-state index contributed by atoms with van der Waals surface area (Å²) in [4.78, 5) is 22.2. The number of fused-ring (bicyclic) bond motifs is 1. The minimum Gasteiger partial charge on any atom is -0.475 e. The average Bonchev–Trinajstić information content (AvgIpc) is 3.23. The summed E-state index contributed by atoms with van der Waals surface area (Å²) in [6.45, 7) is 0.561. The van der Waals surface area contributed by atoms with Crippen LogP contribution < -0.4 is 5.32 Å². The number of carboxylic acid groups (broad SMARTS) is 1. The van der Waals surface area contributed by atoms with Gasteiger partial charge in [-0.25, -0.2) is 24.1 Å². The van der Waals surface area contributed by atoms with Crippen molar-refractivity contribution in [1.29, 1.82) is 5.26 Å². The summed E-state index contributed by atoms with van der Waals surface area (Å²) < 4.78 is 46.0. The van der Waals surface area contributed by atoms with Gasteiger partial charge in [0.05, 0.1) is 22.0 Å². The van der Waals surface area contributed by atoms with Crippen molar-refractivity contribution in [2.45, 2.75) is 18.5 Å². The molecule has 35 heavy (non-hydrogen) atoms. The van der Waals surface area contributed by atoms with Crippen molar-refractivity contribution < 1.29 is 27.5 Å². The smallest absolute Gasteiger partial charge is 0.475 e. The van der Waals surface area contributed by atoms with E-state index >= 15 is 0 Å². The standard InChI is InChI=1S/C21H16FN5S.C2HF3O2/c22-15-5-3-4-14(12-15)8-10-24-21-25-11-9-17(27-21)16(13-23)20-26-18-6-1-2-7-19(18)28-20;3-2(4,5)1(6)7/h1-7,9,11-12,16H,8,10H2,(H,24,25,27);(H,6,7). The second kappa shape index (κ2) is 11.3. The zero-order valence-electron chi connectivity index (χ0n) is 17.8. The van der Waals surface area contributed by atoms with Crippen LogP contribution in [0, 0.1) is 17.1 Å². The van der Waals surface area contributed by atoms with E-state index in [4.69, 9.17) is 9.90 Å². The van der Waals surface area contributed by atoms with Crippen molar-refractivity contribution in [2.75, 3.05) is 11.9 Å². The van der Waals surface area contributed by atoms with Crippen LogP contribution in [-0.4, -0.2) is 38.7 Å². The van der Waals surface area contributed by atoms with Crippen LogP contribution in [0.2, 0.25) is 0 Å². The molecule has 4 aromatic rings. The van der Waals surface area contributed by atoms with E-state index in [1.54, 1.807) is 18.3 Å². The first-order valence-corrected chi connectivity index (χ1v) is 10.9. The molecule has 0 amide bonds. The Kier molecular flexibility index (Phi) is 8.27. The van der Waals surface area contributed by atoms with E-state index in [1.807, 2.05) is 30.3 Å². The lowest BCUT2D eigenvalue weighted by molar-refractivity contribution is -0.192. The van der Waals surface area contributed by atoms with Gasteiger partial charge in [-0.15, -0.1) is 11.3 Å². The number of para-hydroxylation sites is 1. The minimum absolute atomic E-state index is 0.247. The highest BCUT2D eigenvalue weighted by Gasteiger charge is 2.38. The van der Waals surface area contributed by atoms with Crippen LogP contribution in [0.25, 0.3) is 10.2 Å². The van der Waals surface area contributed by atoms with Gasteiger partial charge in [0.2, 0.25) is 5.95 Å². The molecule has 1 unspecified atom stereocenters. The number of halogens is 4. The molecule has 0 saturated carbocycles. The van der Waals surface area contributed by atoms with Gasteiger partial charge in [-0.3, -0.25) is 0 Å². The van der Waals surface area contributed by atoms with Crippen molar-refractivity contribution >= 4 is 33.5 Å². The lowest BCUT2D eigenvalue weighted by Crippen LogP contribution is -2.21. The fourth-order valence-electron chi connectivity index (χ4n) is 2.89. The maximum absolute atomic E-state index is 13.3. The van der Waals surface area contributed by atoms with Crippen LogP contribution in [0.3, 0.4) is 0 Å². The zero-order valence-corrected chi connectivity index (χ0v) is 18.6. The Labute approximate surface area is 200 Å². The quantitative estimate of drug-likeness (QED) is 0.349. The number of carboxylic acids is 1. The van der Waals surface area contributed by atoms with Crippen molar-refractivity contribution in [3.63, 3.8) is 0 Å². The number of rotatable bonds is 6. The van der Waals surface area contributed by atoms with Gasteiger partial charge in [-0.2, -0.15) is 18.4 Å². The second-order valence-electron chi connectivity index (χ2n) is 7.00. The molecular weight excluding hydrogens is 486 g/mol. The van der Waals surface area contributed by atoms with E-state index in [0.717, 1.165) is 15.8 Å². The normalized spacial score (nSPS) is 11.7. The molecule has 0 spiro atoms. The monoisotopic (exact) mass is 503 g/mol. The summed E-state index contributed by atoms with van der Waals surface area (Å²) in [6.07, 6.45) is -2.81. The number of carbonyl (C=O) groups is 1. The van der Waals surface area contributed by atoms with Crippen LogP contribution in [0.1, 0.15) is 22.2 Å². The van der Waals surface area contributed by atoms with Gasteiger partial charge in [-0.1, -0.05) is 24.3 Å². The number of alkyl halides is 3. The molecule has 0 radical (unpaired) electrons.